The van der Waals surface area contributed by atoms with Crippen LogP contribution >= 0.6 is 0 Å². The molecule has 1 N–H and O–H groups in total. The lowest BCUT2D eigenvalue weighted by molar-refractivity contribution is -0.137. The molecular formula is C31H34O7S. The molecule has 0 unspecified atom stereocenters. The Balaban J connectivity index is 1.36. The Kier molecular flexibility index (Phi) is 7.58. The molecule has 1 aliphatic heterocycles. The first kappa shape index (κ1) is 27.1. The van der Waals surface area contributed by atoms with Gasteiger partial charge in [0.25, 0.3) is 0 Å². The highest BCUT2D eigenvalue weighted by atomic mass is 32.2. The van der Waals surface area contributed by atoms with E-state index in [1.54, 1.807) is 0 Å². The largest absolute Gasteiger partial charge is 0.493 e. The van der Waals surface area contributed by atoms with Crippen molar-refractivity contribution in [1.29, 1.82) is 0 Å². The van der Waals surface area contributed by atoms with Crippen molar-refractivity contribution in [1.82, 2.24) is 0 Å². The van der Waals surface area contributed by atoms with Gasteiger partial charge in [-0.2, -0.15) is 0 Å². The van der Waals surface area contributed by atoms with Crippen molar-refractivity contribution in [3.05, 3.63) is 76.3 Å². The molecule has 0 saturated carbocycles. The molecule has 7 nitrogen and oxygen atoms in total. The van der Waals surface area contributed by atoms with Gasteiger partial charge < -0.3 is 19.3 Å². The summed E-state index contributed by atoms with van der Waals surface area (Å²) in [6, 6.07) is 16.1. The fraction of sp³-hybridized carbons (Fsp3) is 0.387. The summed E-state index contributed by atoms with van der Waals surface area (Å²) in [6.07, 6.45) is 3.39. The third kappa shape index (κ3) is 5.91. The zero-order chi connectivity index (χ0) is 27.7. The molecule has 2 atom stereocenters. The minimum atomic E-state index is -3.01. The van der Waals surface area contributed by atoms with Gasteiger partial charge in [-0.3, -0.25) is 4.79 Å². The summed E-state index contributed by atoms with van der Waals surface area (Å²) in [5.41, 5.74) is 7.85. The molecular weight excluding hydrogens is 516 g/mol. The van der Waals surface area contributed by atoms with Crippen LogP contribution < -0.4 is 14.2 Å². The van der Waals surface area contributed by atoms with Crippen LogP contribution in [0.1, 0.15) is 59.1 Å². The van der Waals surface area contributed by atoms with Crippen LogP contribution in [0.25, 0.3) is 11.1 Å². The first-order chi connectivity index (χ1) is 18.6. The van der Waals surface area contributed by atoms with Crippen LogP contribution in [-0.4, -0.2) is 44.7 Å². The molecule has 3 aromatic rings. The average molecular weight is 551 g/mol. The normalized spacial score (nSPS) is 17.8. The van der Waals surface area contributed by atoms with Crippen LogP contribution in [-0.2, 0) is 21.1 Å². The van der Waals surface area contributed by atoms with Gasteiger partial charge in [0.05, 0.1) is 25.4 Å². The van der Waals surface area contributed by atoms with Gasteiger partial charge in [0, 0.05) is 23.8 Å². The Hall–Kier alpha value is -3.52. The Morgan fingerprint density at radius 3 is 2.69 bits per heavy atom. The van der Waals surface area contributed by atoms with E-state index in [2.05, 4.69) is 38.1 Å². The summed E-state index contributed by atoms with van der Waals surface area (Å²) in [5.74, 6) is 1.33. The van der Waals surface area contributed by atoms with E-state index in [4.69, 9.17) is 19.3 Å². The molecule has 2 aliphatic rings. The van der Waals surface area contributed by atoms with Crippen molar-refractivity contribution in [2.24, 2.45) is 0 Å². The minimum absolute atomic E-state index is 0.0533. The van der Waals surface area contributed by atoms with Crippen molar-refractivity contribution in [3.63, 3.8) is 0 Å². The van der Waals surface area contributed by atoms with Crippen molar-refractivity contribution in [3.8, 4) is 28.4 Å². The molecule has 0 radical (unpaired) electrons. The van der Waals surface area contributed by atoms with Gasteiger partial charge in [0.2, 0.25) is 0 Å². The quantitative estimate of drug-likeness (QED) is 0.319. The first-order valence-corrected chi connectivity index (χ1v) is 15.3. The van der Waals surface area contributed by atoms with Gasteiger partial charge in [-0.05, 0) is 78.6 Å². The Morgan fingerprint density at radius 1 is 1.10 bits per heavy atom. The second kappa shape index (κ2) is 10.9. The molecule has 0 aromatic heterocycles. The maximum Gasteiger partial charge on any atom is 0.304 e. The number of hydrogen-bond donors (Lipinski definition) is 1. The molecule has 1 aliphatic carbocycles. The smallest absolute Gasteiger partial charge is 0.304 e. The van der Waals surface area contributed by atoms with Gasteiger partial charge in [0.1, 0.15) is 33.2 Å². The maximum atomic E-state index is 11.4. The predicted molar refractivity (Wildman–Crippen MR) is 150 cm³/mol. The summed E-state index contributed by atoms with van der Waals surface area (Å²) in [5, 5.41) is 9.16. The molecule has 1 heterocycles. The lowest BCUT2D eigenvalue weighted by atomic mass is 9.90. The Morgan fingerprint density at radius 2 is 1.92 bits per heavy atom. The van der Waals surface area contributed by atoms with Crippen molar-refractivity contribution < 1.29 is 32.5 Å². The van der Waals surface area contributed by atoms with E-state index in [0.29, 0.717) is 31.1 Å². The van der Waals surface area contributed by atoms with Gasteiger partial charge in [-0.15, -0.1) is 0 Å². The topological polar surface area (TPSA) is 99.1 Å². The molecule has 0 spiro atoms. The fourth-order valence-corrected chi connectivity index (χ4v) is 6.39. The molecule has 206 valence electrons. The second-order valence-electron chi connectivity index (χ2n) is 10.5. The SMILES string of the molecule is Cc1ccc(OCCCS(C)(=O)=O)c(C)c1-c1cccc2c1CC[C@H]2Oc1ccc2c(c1)OC[C@H]2CC(=O)O. The number of carbonyl (C=O) groups is 1. The van der Waals surface area contributed by atoms with Crippen molar-refractivity contribution in [2.45, 2.75) is 51.6 Å². The minimum Gasteiger partial charge on any atom is -0.493 e. The van der Waals surface area contributed by atoms with Gasteiger partial charge in [-0.25, -0.2) is 8.42 Å². The van der Waals surface area contributed by atoms with Crippen LogP contribution in [0.4, 0.5) is 0 Å². The Labute approximate surface area is 229 Å². The molecule has 3 aromatic carbocycles. The summed E-state index contributed by atoms with van der Waals surface area (Å²) in [6.45, 7) is 4.87. The van der Waals surface area contributed by atoms with E-state index in [9.17, 15) is 13.2 Å². The highest BCUT2D eigenvalue weighted by Crippen LogP contribution is 2.44. The third-order valence-electron chi connectivity index (χ3n) is 7.59. The number of ether oxygens (including phenoxy) is 3. The lowest BCUT2D eigenvalue weighted by Crippen LogP contribution is -2.08. The zero-order valence-electron chi connectivity index (χ0n) is 22.5. The van der Waals surface area contributed by atoms with Crippen LogP contribution in [0.5, 0.6) is 17.2 Å². The number of aliphatic carboxylic acids is 1. The van der Waals surface area contributed by atoms with Crippen LogP contribution in [0.15, 0.2) is 48.5 Å². The number of benzene rings is 3. The highest BCUT2D eigenvalue weighted by molar-refractivity contribution is 7.90. The third-order valence-corrected chi connectivity index (χ3v) is 8.62. The Bertz CT molecular complexity index is 1510. The standard InChI is InChI=1S/C31H34O7S/c1-19-8-12-27(36-14-5-15-39(3,34)35)20(2)31(19)26-7-4-6-25-24(26)11-13-28(25)38-22-9-10-23-21(16-30(32)33)18-37-29(23)17-22/h4,6-10,12,17,21,28H,5,11,13-16,18H2,1-3H3,(H,32,33)/t21-,28-/m1/s1. The molecule has 0 bridgehead atoms. The van der Waals surface area contributed by atoms with Crippen molar-refractivity contribution >= 4 is 15.8 Å². The molecule has 5 rings (SSSR count). The van der Waals surface area contributed by atoms with Crippen LogP contribution in [0.2, 0.25) is 0 Å². The number of sulfone groups is 1. The summed E-state index contributed by atoms with van der Waals surface area (Å²) in [4.78, 5) is 11.2. The molecule has 0 saturated heterocycles. The monoisotopic (exact) mass is 550 g/mol. The molecule has 0 amide bonds. The summed E-state index contributed by atoms with van der Waals surface area (Å²) < 4.78 is 41.1. The van der Waals surface area contributed by atoms with E-state index in [-0.39, 0.29) is 24.2 Å². The number of carboxylic acids is 1. The van der Waals surface area contributed by atoms with Gasteiger partial charge >= 0.3 is 5.97 Å². The molecule has 0 fully saturated rings. The maximum absolute atomic E-state index is 11.4. The predicted octanol–water partition coefficient (Wildman–Crippen LogP) is 5.80. The second-order valence-corrected chi connectivity index (χ2v) is 12.8. The van der Waals surface area contributed by atoms with E-state index < -0.39 is 15.8 Å². The molecule has 39 heavy (non-hydrogen) atoms. The number of hydrogen-bond acceptors (Lipinski definition) is 6. The van der Waals surface area contributed by atoms with E-state index in [1.807, 2.05) is 24.3 Å². The van der Waals surface area contributed by atoms with E-state index in [1.165, 1.54) is 17.4 Å². The van der Waals surface area contributed by atoms with Gasteiger partial charge in [-0.1, -0.05) is 30.3 Å². The highest BCUT2D eigenvalue weighted by Gasteiger charge is 2.30. The van der Waals surface area contributed by atoms with Crippen LogP contribution in [0.3, 0.4) is 0 Å². The number of carboxylic acid groups (broad SMARTS) is 1. The molecule has 8 heteroatoms. The van der Waals surface area contributed by atoms with Gasteiger partial charge in [0.15, 0.2) is 0 Å². The summed E-state index contributed by atoms with van der Waals surface area (Å²) >= 11 is 0. The van der Waals surface area contributed by atoms with Crippen LogP contribution in [0, 0.1) is 13.8 Å². The number of rotatable bonds is 10. The van der Waals surface area contributed by atoms with Crippen molar-refractivity contribution in [2.75, 3.05) is 25.2 Å². The zero-order valence-corrected chi connectivity index (χ0v) is 23.3. The van der Waals surface area contributed by atoms with E-state index in [0.717, 1.165) is 46.4 Å². The lowest BCUT2D eigenvalue weighted by Gasteiger charge is -2.19. The fourth-order valence-electron chi connectivity index (χ4n) is 5.75. The first-order valence-electron chi connectivity index (χ1n) is 13.3. The number of fused-ring (bicyclic) bond motifs is 2. The average Bonchev–Trinajstić information content (AvgIpc) is 3.46. The summed E-state index contributed by atoms with van der Waals surface area (Å²) in [7, 11) is -3.01. The number of aryl methyl sites for hydroxylation is 1. The van der Waals surface area contributed by atoms with E-state index >= 15 is 0 Å².